The van der Waals surface area contributed by atoms with Crippen molar-refractivity contribution in [3.05, 3.63) is 21.9 Å². The molecule has 112 valence electrons. The Balaban J connectivity index is 2.10. The summed E-state index contributed by atoms with van der Waals surface area (Å²) in [4.78, 5) is 6.18. The van der Waals surface area contributed by atoms with Crippen molar-refractivity contribution in [3.63, 3.8) is 0 Å². The second-order valence-electron chi connectivity index (χ2n) is 4.82. The van der Waals surface area contributed by atoms with Crippen molar-refractivity contribution in [1.82, 2.24) is 14.2 Å². The van der Waals surface area contributed by atoms with E-state index in [1.54, 1.807) is 7.05 Å². The fraction of sp³-hybridized carbons (Fsp3) is 0.583. The second kappa shape index (κ2) is 6.70. The van der Waals surface area contributed by atoms with Crippen molar-refractivity contribution >= 4 is 37.6 Å². The third-order valence-corrected chi connectivity index (χ3v) is 6.11. The highest BCUT2D eigenvalue weighted by Crippen LogP contribution is 2.25. The van der Waals surface area contributed by atoms with Crippen molar-refractivity contribution in [2.45, 2.75) is 17.7 Å². The van der Waals surface area contributed by atoms with E-state index in [2.05, 4.69) is 25.8 Å². The molecule has 2 rings (SSSR count). The number of sulfonamides is 1. The number of halogens is 2. The van der Waals surface area contributed by atoms with E-state index in [1.807, 2.05) is 0 Å². The number of hydrogen-bond donors (Lipinski definition) is 0. The van der Waals surface area contributed by atoms with Gasteiger partial charge in [0.15, 0.2) is 0 Å². The molecule has 0 atom stereocenters. The van der Waals surface area contributed by atoms with Crippen molar-refractivity contribution in [2.24, 2.45) is 0 Å². The number of hydrogen-bond acceptors (Lipinski definition) is 4. The quantitative estimate of drug-likeness (QED) is 0.733. The lowest BCUT2D eigenvalue weighted by atomic mass is 10.4. The molecule has 1 aromatic heterocycles. The van der Waals surface area contributed by atoms with Crippen molar-refractivity contribution in [3.8, 4) is 0 Å². The molecule has 20 heavy (non-hydrogen) atoms. The molecule has 1 aliphatic heterocycles. The zero-order chi connectivity index (χ0) is 14.8. The molecular formula is C12H17BrClN3O2S. The van der Waals surface area contributed by atoms with Crippen molar-refractivity contribution in [1.29, 1.82) is 0 Å². The molecule has 0 bridgehead atoms. The van der Waals surface area contributed by atoms with Gasteiger partial charge in [0, 0.05) is 30.8 Å². The van der Waals surface area contributed by atoms with E-state index in [9.17, 15) is 8.42 Å². The molecule has 0 saturated carbocycles. The molecule has 0 aromatic carbocycles. The SMILES string of the molecule is CN(CCN1CCCC1)S(=O)(=O)c1cc(Br)cnc1Cl. The molecule has 0 amide bonds. The summed E-state index contributed by atoms with van der Waals surface area (Å²) in [5, 5.41) is 0.00113. The molecule has 0 N–H and O–H groups in total. The lowest BCUT2D eigenvalue weighted by Crippen LogP contribution is -2.35. The van der Waals surface area contributed by atoms with Crippen LogP contribution in [0.5, 0.6) is 0 Å². The van der Waals surface area contributed by atoms with E-state index >= 15 is 0 Å². The maximum Gasteiger partial charge on any atom is 0.245 e. The van der Waals surface area contributed by atoms with Crippen LogP contribution >= 0.6 is 27.5 Å². The number of pyridine rings is 1. The average Bonchev–Trinajstić information content (AvgIpc) is 2.91. The second-order valence-corrected chi connectivity index (χ2v) is 8.10. The van der Waals surface area contributed by atoms with Gasteiger partial charge in [0.2, 0.25) is 10.0 Å². The van der Waals surface area contributed by atoms with Crippen LogP contribution in [0.3, 0.4) is 0 Å². The summed E-state index contributed by atoms with van der Waals surface area (Å²) in [5.41, 5.74) is 0. The highest BCUT2D eigenvalue weighted by molar-refractivity contribution is 9.10. The van der Waals surface area contributed by atoms with Crippen LogP contribution in [0, 0.1) is 0 Å². The first-order chi connectivity index (χ1) is 9.41. The summed E-state index contributed by atoms with van der Waals surface area (Å²) in [5.74, 6) is 0. The summed E-state index contributed by atoms with van der Waals surface area (Å²) >= 11 is 9.12. The average molecular weight is 383 g/mol. The first-order valence-electron chi connectivity index (χ1n) is 6.41. The Morgan fingerprint density at radius 1 is 1.45 bits per heavy atom. The predicted molar refractivity (Wildman–Crippen MR) is 82.4 cm³/mol. The molecule has 1 aliphatic rings. The number of likely N-dealkylation sites (N-methyl/N-ethyl adjacent to an activating group) is 1. The summed E-state index contributed by atoms with van der Waals surface area (Å²) in [7, 11) is -2.03. The highest BCUT2D eigenvalue weighted by atomic mass is 79.9. The first-order valence-corrected chi connectivity index (χ1v) is 9.02. The molecule has 5 nitrogen and oxygen atoms in total. The number of rotatable bonds is 5. The Labute approximate surface area is 133 Å². The van der Waals surface area contributed by atoms with Crippen LogP contribution in [-0.2, 0) is 10.0 Å². The zero-order valence-electron chi connectivity index (χ0n) is 11.2. The fourth-order valence-corrected chi connectivity index (χ4v) is 4.24. The maximum atomic E-state index is 12.5. The summed E-state index contributed by atoms with van der Waals surface area (Å²) in [6, 6.07) is 1.48. The smallest absolute Gasteiger partial charge is 0.245 e. The normalized spacial score (nSPS) is 17.0. The minimum Gasteiger partial charge on any atom is -0.302 e. The molecule has 2 heterocycles. The lowest BCUT2D eigenvalue weighted by Gasteiger charge is -2.21. The summed E-state index contributed by atoms with van der Waals surface area (Å²) in [6.07, 6.45) is 3.86. The van der Waals surface area contributed by atoms with E-state index in [-0.39, 0.29) is 10.0 Å². The zero-order valence-corrected chi connectivity index (χ0v) is 14.4. The molecular weight excluding hydrogens is 366 g/mol. The Kier molecular flexibility index (Phi) is 5.42. The largest absolute Gasteiger partial charge is 0.302 e. The molecule has 1 saturated heterocycles. The minimum atomic E-state index is -3.60. The Bertz CT molecular complexity index is 576. The Hall–Kier alpha value is -0.210. The molecule has 1 aromatic rings. The van der Waals surface area contributed by atoms with E-state index in [0.717, 1.165) is 19.6 Å². The lowest BCUT2D eigenvalue weighted by molar-refractivity contribution is 0.310. The fourth-order valence-electron chi connectivity index (χ4n) is 2.16. The van der Waals surface area contributed by atoms with Crippen LogP contribution < -0.4 is 0 Å². The number of likely N-dealkylation sites (tertiary alicyclic amines) is 1. The van der Waals surface area contributed by atoms with Crippen LogP contribution in [-0.4, -0.2) is 55.8 Å². The van der Waals surface area contributed by atoms with Gasteiger partial charge in [-0.05, 0) is 47.9 Å². The van der Waals surface area contributed by atoms with Gasteiger partial charge in [-0.15, -0.1) is 0 Å². The molecule has 0 radical (unpaired) electrons. The van der Waals surface area contributed by atoms with E-state index in [0.29, 0.717) is 11.0 Å². The van der Waals surface area contributed by atoms with E-state index in [4.69, 9.17) is 11.6 Å². The third kappa shape index (κ3) is 3.71. The van der Waals surface area contributed by atoms with Gasteiger partial charge in [0.1, 0.15) is 10.0 Å². The van der Waals surface area contributed by atoms with Gasteiger partial charge in [0.25, 0.3) is 0 Å². The van der Waals surface area contributed by atoms with Gasteiger partial charge in [-0.1, -0.05) is 11.6 Å². The monoisotopic (exact) mass is 381 g/mol. The van der Waals surface area contributed by atoms with Gasteiger partial charge in [0.05, 0.1) is 0 Å². The summed E-state index contributed by atoms with van der Waals surface area (Å²) in [6.45, 7) is 3.29. The number of nitrogens with zero attached hydrogens (tertiary/aromatic N) is 3. The molecule has 0 spiro atoms. The minimum absolute atomic E-state index is 0.00113. The van der Waals surface area contributed by atoms with Gasteiger partial charge >= 0.3 is 0 Å². The van der Waals surface area contributed by atoms with Crippen LogP contribution in [0.25, 0.3) is 0 Å². The van der Waals surface area contributed by atoms with Gasteiger partial charge < -0.3 is 4.90 Å². The topological polar surface area (TPSA) is 53.5 Å². The van der Waals surface area contributed by atoms with E-state index in [1.165, 1.54) is 29.4 Å². The van der Waals surface area contributed by atoms with Gasteiger partial charge in [-0.25, -0.2) is 13.4 Å². The van der Waals surface area contributed by atoms with Crippen LogP contribution in [0.4, 0.5) is 0 Å². The van der Waals surface area contributed by atoms with Crippen LogP contribution in [0.2, 0.25) is 5.15 Å². The van der Waals surface area contributed by atoms with Crippen LogP contribution in [0.1, 0.15) is 12.8 Å². The van der Waals surface area contributed by atoms with Gasteiger partial charge in [-0.2, -0.15) is 4.31 Å². The molecule has 0 unspecified atom stereocenters. The standard InChI is InChI=1S/C12H17BrClN3O2S/c1-16(6-7-17-4-2-3-5-17)20(18,19)11-8-10(13)9-15-12(11)14/h8-9H,2-7H2,1H3. The predicted octanol–water partition coefficient (Wildman–Crippen LogP) is 2.21. The van der Waals surface area contributed by atoms with E-state index < -0.39 is 10.0 Å². The number of aromatic nitrogens is 1. The van der Waals surface area contributed by atoms with Gasteiger partial charge in [-0.3, -0.25) is 0 Å². The molecule has 8 heteroatoms. The highest BCUT2D eigenvalue weighted by Gasteiger charge is 2.25. The maximum absolute atomic E-state index is 12.5. The molecule has 0 aliphatic carbocycles. The Morgan fingerprint density at radius 3 is 2.75 bits per heavy atom. The summed E-state index contributed by atoms with van der Waals surface area (Å²) < 4.78 is 26.9. The van der Waals surface area contributed by atoms with Crippen molar-refractivity contribution < 1.29 is 8.42 Å². The Morgan fingerprint density at radius 2 is 2.10 bits per heavy atom. The van der Waals surface area contributed by atoms with Crippen molar-refractivity contribution in [2.75, 3.05) is 33.2 Å². The third-order valence-electron chi connectivity index (χ3n) is 3.39. The van der Waals surface area contributed by atoms with Crippen LogP contribution in [0.15, 0.2) is 21.6 Å². The molecule has 1 fully saturated rings. The first kappa shape index (κ1) is 16.2.